The first kappa shape index (κ1) is 25.9. The van der Waals surface area contributed by atoms with Gasteiger partial charge in [-0.3, -0.25) is 19.2 Å². The molecule has 1 aliphatic carbocycles. The first-order valence-electron chi connectivity index (χ1n) is 12.6. The van der Waals surface area contributed by atoms with Crippen molar-refractivity contribution in [2.75, 3.05) is 16.8 Å². The average molecular weight is 532 g/mol. The summed E-state index contributed by atoms with van der Waals surface area (Å²) in [5.74, 6) is 1.69. The molecule has 0 bridgehead atoms. The summed E-state index contributed by atoms with van der Waals surface area (Å²) in [7, 11) is 1.77. The molecule has 202 valence electrons. The molecule has 1 saturated carbocycles. The summed E-state index contributed by atoms with van der Waals surface area (Å²) in [6, 6.07) is 6.58. The van der Waals surface area contributed by atoms with Crippen molar-refractivity contribution in [2.45, 2.75) is 39.7 Å². The molecule has 0 saturated heterocycles. The van der Waals surface area contributed by atoms with Gasteiger partial charge in [0.15, 0.2) is 18.0 Å². The van der Waals surface area contributed by atoms with E-state index in [1.165, 1.54) is 18.8 Å². The van der Waals surface area contributed by atoms with Crippen molar-refractivity contribution in [3.63, 3.8) is 0 Å². The lowest BCUT2D eigenvalue weighted by Crippen LogP contribution is -2.34. The van der Waals surface area contributed by atoms with E-state index in [4.69, 9.17) is 13.9 Å². The van der Waals surface area contributed by atoms with Crippen LogP contribution in [0.2, 0.25) is 0 Å². The van der Waals surface area contributed by atoms with Gasteiger partial charge >= 0.3 is 0 Å². The molecule has 12 heteroatoms. The van der Waals surface area contributed by atoms with Crippen molar-refractivity contribution in [1.82, 2.24) is 24.7 Å². The van der Waals surface area contributed by atoms with Gasteiger partial charge in [-0.15, -0.1) is 0 Å². The van der Waals surface area contributed by atoms with E-state index in [2.05, 4.69) is 25.4 Å². The van der Waals surface area contributed by atoms with Gasteiger partial charge in [0.25, 0.3) is 11.8 Å². The molecule has 2 amide bonds. The molecule has 1 fully saturated rings. The number of hydrogen-bond acceptors (Lipinski definition) is 9. The number of nitrogens with one attached hydrogen (secondary N) is 1. The number of carbonyl (C=O) groups is 2. The van der Waals surface area contributed by atoms with E-state index in [9.17, 15) is 9.59 Å². The average Bonchev–Trinajstić information content (AvgIpc) is 3.47. The van der Waals surface area contributed by atoms with Gasteiger partial charge in [-0.2, -0.15) is 5.10 Å². The number of aryl methyl sites for hydroxylation is 2. The van der Waals surface area contributed by atoms with Gasteiger partial charge in [0.1, 0.15) is 11.5 Å². The number of aromatic nitrogens is 5. The van der Waals surface area contributed by atoms with Crippen LogP contribution in [-0.4, -0.2) is 49.2 Å². The highest BCUT2D eigenvalue weighted by Gasteiger charge is 2.31. The molecular formula is C27H29N7O5. The van der Waals surface area contributed by atoms with E-state index >= 15 is 0 Å². The molecule has 4 aromatic rings. The predicted octanol–water partition coefficient (Wildman–Crippen LogP) is 4.40. The van der Waals surface area contributed by atoms with Gasteiger partial charge in [-0.1, -0.05) is 0 Å². The van der Waals surface area contributed by atoms with Crippen LogP contribution in [0.5, 0.6) is 17.4 Å². The summed E-state index contributed by atoms with van der Waals surface area (Å²) < 4.78 is 18.7. The zero-order valence-electron chi connectivity index (χ0n) is 22.1. The molecule has 1 aliphatic rings. The van der Waals surface area contributed by atoms with E-state index in [0.29, 0.717) is 46.9 Å². The monoisotopic (exact) mass is 531 g/mol. The summed E-state index contributed by atoms with van der Waals surface area (Å²) in [6.07, 6.45) is 7.88. The zero-order valence-corrected chi connectivity index (χ0v) is 22.1. The van der Waals surface area contributed by atoms with Crippen molar-refractivity contribution in [3.05, 3.63) is 66.3 Å². The van der Waals surface area contributed by atoms with Crippen molar-refractivity contribution in [3.8, 4) is 17.4 Å². The molecule has 12 nitrogen and oxygen atoms in total. The highest BCUT2D eigenvalue weighted by molar-refractivity contribution is 6.05. The van der Waals surface area contributed by atoms with E-state index in [1.54, 1.807) is 54.0 Å². The Morgan fingerprint density at radius 2 is 1.95 bits per heavy atom. The zero-order chi connectivity index (χ0) is 27.5. The Morgan fingerprint density at radius 3 is 2.56 bits per heavy atom. The number of nitrogens with zero attached hydrogens (tertiary/aromatic N) is 6. The van der Waals surface area contributed by atoms with Crippen molar-refractivity contribution >= 4 is 23.5 Å². The lowest BCUT2D eigenvalue weighted by molar-refractivity contribution is 0.0956. The molecular weight excluding hydrogens is 502 g/mol. The summed E-state index contributed by atoms with van der Waals surface area (Å²) in [5, 5.41) is 6.94. The molecule has 1 aromatic carbocycles. The van der Waals surface area contributed by atoms with E-state index in [1.807, 2.05) is 13.8 Å². The largest absolute Gasteiger partial charge is 0.491 e. The van der Waals surface area contributed by atoms with Gasteiger partial charge in [0.2, 0.25) is 11.6 Å². The third-order valence-corrected chi connectivity index (χ3v) is 5.91. The maximum atomic E-state index is 13.2. The van der Waals surface area contributed by atoms with Crippen LogP contribution in [0.25, 0.3) is 0 Å². The number of carbonyl (C=O) groups excluding carboxylic acids is 2. The molecule has 3 aromatic heterocycles. The van der Waals surface area contributed by atoms with Crippen LogP contribution in [-0.2, 0) is 7.05 Å². The first-order chi connectivity index (χ1) is 18.7. The van der Waals surface area contributed by atoms with Crippen LogP contribution in [0.4, 0.5) is 11.6 Å². The number of benzene rings is 1. The predicted molar refractivity (Wildman–Crippen MR) is 141 cm³/mol. The van der Waals surface area contributed by atoms with Crippen LogP contribution in [0.3, 0.4) is 0 Å². The van der Waals surface area contributed by atoms with Gasteiger partial charge in [-0.05, 0) is 51.7 Å². The summed E-state index contributed by atoms with van der Waals surface area (Å²) >= 11 is 0. The number of rotatable bonds is 10. The quantitative estimate of drug-likeness (QED) is 0.316. The van der Waals surface area contributed by atoms with Crippen molar-refractivity contribution in [2.24, 2.45) is 13.0 Å². The minimum atomic E-state index is -0.369. The van der Waals surface area contributed by atoms with Crippen molar-refractivity contribution in [1.29, 1.82) is 0 Å². The molecule has 0 radical (unpaired) electrons. The molecule has 1 N–H and O–H groups in total. The number of ether oxygens (including phenoxy) is 2. The number of oxazole rings is 1. The topological polar surface area (TPSA) is 138 Å². The Hall–Kier alpha value is -4.74. The Balaban J connectivity index is 1.36. The highest BCUT2D eigenvalue weighted by atomic mass is 16.5. The third-order valence-electron chi connectivity index (χ3n) is 5.91. The van der Waals surface area contributed by atoms with Gasteiger partial charge in [0.05, 0.1) is 24.2 Å². The standard InChI is InChI=1S/C27H29N7O5/c1-16(2)38-20-9-19(26(35)31-22-7-8-33(4)32-22)10-21(11-20)39-24-13-28-23(12-29-24)34(14-18-5-6-18)27(36)25-17(3)30-15-37-25/h7-13,15-16,18H,5-6,14H2,1-4H3,(H,31,32,35). The normalized spacial score (nSPS) is 12.8. The Morgan fingerprint density at radius 1 is 1.15 bits per heavy atom. The van der Waals surface area contributed by atoms with E-state index < -0.39 is 0 Å². The number of hydrogen-bond donors (Lipinski definition) is 1. The molecule has 5 rings (SSSR count). The summed E-state index contributed by atoms with van der Waals surface area (Å²) in [5.41, 5.74) is 0.835. The van der Waals surface area contributed by atoms with Crippen LogP contribution in [0.15, 0.2) is 53.7 Å². The van der Waals surface area contributed by atoms with E-state index in [0.717, 1.165) is 12.8 Å². The highest BCUT2D eigenvalue weighted by Crippen LogP contribution is 2.32. The Kier molecular flexibility index (Phi) is 7.26. The molecule has 0 spiro atoms. The lowest BCUT2D eigenvalue weighted by atomic mass is 10.2. The van der Waals surface area contributed by atoms with Crippen molar-refractivity contribution < 1.29 is 23.5 Å². The first-order valence-corrected chi connectivity index (χ1v) is 12.6. The van der Waals surface area contributed by atoms with Crippen LogP contribution in [0, 0.1) is 12.8 Å². The lowest BCUT2D eigenvalue weighted by Gasteiger charge is -2.20. The fraction of sp³-hybridized carbons (Fsp3) is 0.333. The summed E-state index contributed by atoms with van der Waals surface area (Å²) in [4.78, 5) is 40.5. The van der Waals surface area contributed by atoms with Crippen LogP contribution < -0.4 is 19.7 Å². The summed E-state index contributed by atoms with van der Waals surface area (Å²) in [6.45, 7) is 6.01. The Bertz CT molecular complexity index is 1470. The number of amides is 2. The van der Waals surface area contributed by atoms with Crippen LogP contribution in [0.1, 0.15) is 53.3 Å². The SMILES string of the molecule is Cc1ncoc1C(=O)N(CC1CC1)c1cnc(Oc2cc(OC(C)C)cc(C(=O)Nc3ccn(C)n3)c2)cn1. The second-order valence-corrected chi connectivity index (χ2v) is 9.63. The third kappa shape index (κ3) is 6.40. The fourth-order valence-electron chi connectivity index (χ4n) is 3.86. The molecule has 39 heavy (non-hydrogen) atoms. The Labute approximate surface area is 225 Å². The smallest absolute Gasteiger partial charge is 0.297 e. The second kappa shape index (κ2) is 10.9. The molecule has 3 heterocycles. The fourth-order valence-corrected chi connectivity index (χ4v) is 3.86. The number of anilines is 2. The second-order valence-electron chi connectivity index (χ2n) is 9.63. The maximum Gasteiger partial charge on any atom is 0.297 e. The molecule has 0 unspecified atom stereocenters. The molecule has 0 atom stereocenters. The van der Waals surface area contributed by atoms with Gasteiger partial charge in [0, 0.05) is 37.5 Å². The maximum absolute atomic E-state index is 13.2. The van der Waals surface area contributed by atoms with Gasteiger partial charge < -0.3 is 19.2 Å². The van der Waals surface area contributed by atoms with Gasteiger partial charge in [-0.25, -0.2) is 15.0 Å². The van der Waals surface area contributed by atoms with E-state index in [-0.39, 0.29) is 29.6 Å². The van der Waals surface area contributed by atoms with Crippen LogP contribution >= 0.6 is 0 Å². The minimum absolute atomic E-state index is 0.117. The minimum Gasteiger partial charge on any atom is -0.491 e. The molecule has 0 aliphatic heterocycles.